The van der Waals surface area contributed by atoms with Crippen LogP contribution in [-0.4, -0.2) is 27.3 Å². The van der Waals surface area contributed by atoms with E-state index in [4.69, 9.17) is 5.11 Å². The van der Waals surface area contributed by atoms with E-state index in [9.17, 15) is 0 Å². The van der Waals surface area contributed by atoms with E-state index in [0.717, 1.165) is 5.69 Å². The van der Waals surface area contributed by atoms with Crippen molar-refractivity contribution in [1.29, 1.82) is 0 Å². The maximum atomic E-state index is 9.17. The van der Waals surface area contributed by atoms with Gasteiger partial charge in [0.15, 0.2) is 0 Å². The molecule has 0 amide bonds. The summed E-state index contributed by atoms with van der Waals surface area (Å²) in [6, 6.07) is 0.333. The monoisotopic (exact) mass is 183 g/mol. The van der Waals surface area contributed by atoms with Crippen molar-refractivity contribution in [3.05, 3.63) is 18.2 Å². The first-order valence-electron chi connectivity index (χ1n) is 4.48. The van der Waals surface area contributed by atoms with Gasteiger partial charge in [-0.25, -0.2) is 4.98 Å². The number of imidazole rings is 1. The quantitative estimate of drug-likeness (QED) is 0.712. The summed E-state index contributed by atoms with van der Waals surface area (Å²) in [5.41, 5.74) is 1.01. The first-order valence-corrected chi connectivity index (χ1v) is 4.48. The van der Waals surface area contributed by atoms with E-state index in [1.807, 2.05) is 11.6 Å². The molecule has 1 aromatic heterocycles. The molecule has 0 aromatic carbocycles. The Kier molecular flexibility index (Phi) is 3.45. The molecule has 1 rings (SSSR count). The van der Waals surface area contributed by atoms with Gasteiger partial charge in [-0.15, -0.1) is 0 Å². The van der Waals surface area contributed by atoms with E-state index >= 15 is 0 Å². The van der Waals surface area contributed by atoms with Crippen molar-refractivity contribution in [2.75, 3.05) is 6.61 Å². The molecule has 0 fully saturated rings. The molecule has 4 nitrogen and oxygen atoms in total. The van der Waals surface area contributed by atoms with Crippen LogP contribution < -0.4 is 5.32 Å². The average Bonchev–Trinajstić information content (AvgIpc) is 2.47. The highest BCUT2D eigenvalue weighted by atomic mass is 16.3. The number of rotatable bonds is 4. The molecular weight excluding hydrogens is 166 g/mol. The second kappa shape index (κ2) is 4.39. The second-order valence-electron chi connectivity index (χ2n) is 3.49. The molecule has 0 saturated carbocycles. The standard InChI is InChI=1S/C9H17N3O/c1-7(2)11-8(5-13)9-4-10-6-12(9)3/h4,6-8,11,13H,5H2,1-3H3. The predicted octanol–water partition coefficient (Wildman–Crippen LogP) is 0.451. The zero-order valence-electron chi connectivity index (χ0n) is 8.36. The normalized spacial score (nSPS) is 13.6. The minimum absolute atomic E-state index is 0.0208. The number of hydrogen-bond acceptors (Lipinski definition) is 3. The zero-order valence-corrected chi connectivity index (χ0v) is 8.36. The van der Waals surface area contributed by atoms with Crippen LogP contribution in [0.15, 0.2) is 12.5 Å². The number of aryl methyl sites for hydroxylation is 1. The molecule has 0 aliphatic heterocycles. The van der Waals surface area contributed by atoms with E-state index in [0.29, 0.717) is 6.04 Å². The summed E-state index contributed by atoms with van der Waals surface area (Å²) >= 11 is 0. The Morgan fingerprint density at radius 3 is 2.69 bits per heavy atom. The number of aliphatic hydroxyl groups is 1. The Bertz CT molecular complexity index is 257. The molecule has 0 spiro atoms. The molecule has 74 valence electrons. The van der Waals surface area contributed by atoms with Crippen molar-refractivity contribution < 1.29 is 5.11 Å². The summed E-state index contributed by atoms with van der Waals surface area (Å²) in [5, 5.41) is 12.4. The van der Waals surface area contributed by atoms with Crippen molar-refractivity contribution in [1.82, 2.24) is 14.9 Å². The van der Waals surface area contributed by atoms with Gasteiger partial charge < -0.3 is 15.0 Å². The van der Waals surface area contributed by atoms with Crippen molar-refractivity contribution in [3.8, 4) is 0 Å². The lowest BCUT2D eigenvalue weighted by Gasteiger charge is -2.19. The Hall–Kier alpha value is -0.870. The lowest BCUT2D eigenvalue weighted by Crippen LogP contribution is -2.31. The van der Waals surface area contributed by atoms with Gasteiger partial charge in [0.05, 0.1) is 24.7 Å². The lowest BCUT2D eigenvalue weighted by atomic mass is 10.2. The predicted molar refractivity (Wildman–Crippen MR) is 51.3 cm³/mol. The summed E-state index contributed by atoms with van der Waals surface area (Å²) in [5.74, 6) is 0. The number of aliphatic hydroxyl groups excluding tert-OH is 1. The Morgan fingerprint density at radius 2 is 2.31 bits per heavy atom. The molecule has 1 heterocycles. The van der Waals surface area contributed by atoms with Gasteiger partial charge in [0.2, 0.25) is 0 Å². The summed E-state index contributed by atoms with van der Waals surface area (Å²) in [4.78, 5) is 4.01. The highest BCUT2D eigenvalue weighted by molar-refractivity contribution is 5.04. The smallest absolute Gasteiger partial charge is 0.0946 e. The molecule has 0 aliphatic carbocycles. The van der Waals surface area contributed by atoms with Gasteiger partial charge in [0.25, 0.3) is 0 Å². The molecule has 1 atom stereocenters. The maximum absolute atomic E-state index is 9.17. The third-order valence-corrected chi connectivity index (χ3v) is 1.93. The van der Waals surface area contributed by atoms with E-state index in [1.54, 1.807) is 12.5 Å². The van der Waals surface area contributed by atoms with Crippen LogP contribution in [0, 0.1) is 0 Å². The van der Waals surface area contributed by atoms with Crippen molar-refractivity contribution in [2.45, 2.75) is 25.9 Å². The molecule has 0 radical (unpaired) electrons. The molecular formula is C9H17N3O. The fraction of sp³-hybridized carbons (Fsp3) is 0.667. The van der Waals surface area contributed by atoms with Gasteiger partial charge in [-0.05, 0) is 0 Å². The topological polar surface area (TPSA) is 50.1 Å². The molecule has 1 unspecified atom stereocenters. The van der Waals surface area contributed by atoms with Crippen LogP contribution in [0.4, 0.5) is 0 Å². The Balaban J connectivity index is 2.72. The van der Waals surface area contributed by atoms with Gasteiger partial charge in [0.1, 0.15) is 0 Å². The summed E-state index contributed by atoms with van der Waals surface area (Å²) in [6.07, 6.45) is 3.51. The van der Waals surface area contributed by atoms with Crippen molar-refractivity contribution in [3.63, 3.8) is 0 Å². The average molecular weight is 183 g/mol. The Labute approximate surface area is 78.6 Å². The fourth-order valence-electron chi connectivity index (χ4n) is 1.34. The molecule has 0 bridgehead atoms. The van der Waals surface area contributed by atoms with Crippen LogP contribution in [-0.2, 0) is 7.05 Å². The van der Waals surface area contributed by atoms with Crippen molar-refractivity contribution in [2.24, 2.45) is 7.05 Å². The summed E-state index contributed by atoms with van der Waals surface area (Å²) in [7, 11) is 1.92. The fourth-order valence-corrected chi connectivity index (χ4v) is 1.34. The summed E-state index contributed by atoms with van der Waals surface area (Å²) in [6.45, 7) is 4.20. The summed E-state index contributed by atoms with van der Waals surface area (Å²) < 4.78 is 1.91. The number of hydrogen-bond donors (Lipinski definition) is 2. The SMILES string of the molecule is CC(C)NC(CO)c1cncn1C. The van der Waals surface area contributed by atoms with Gasteiger partial charge in [-0.3, -0.25) is 0 Å². The van der Waals surface area contributed by atoms with Gasteiger partial charge in [-0.1, -0.05) is 13.8 Å². The number of nitrogens with one attached hydrogen (secondary N) is 1. The van der Waals surface area contributed by atoms with E-state index in [1.165, 1.54) is 0 Å². The third kappa shape index (κ3) is 2.54. The molecule has 4 heteroatoms. The molecule has 0 saturated heterocycles. The molecule has 1 aromatic rings. The van der Waals surface area contributed by atoms with Crippen molar-refractivity contribution >= 4 is 0 Å². The third-order valence-electron chi connectivity index (χ3n) is 1.93. The number of aromatic nitrogens is 2. The van der Waals surface area contributed by atoms with Gasteiger partial charge in [0, 0.05) is 19.3 Å². The maximum Gasteiger partial charge on any atom is 0.0946 e. The highest BCUT2D eigenvalue weighted by Crippen LogP contribution is 2.10. The van der Waals surface area contributed by atoms with Gasteiger partial charge in [-0.2, -0.15) is 0 Å². The minimum atomic E-state index is -0.0208. The highest BCUT2D eigenvalue weighted by Gasteiger charge is 2.13. The molecule has 2 N–H and O–H groups in total. The Morgan fingerprint density at radius 1 is 1.62 bits per heavy atom. The largest absolute Gasteiger partial charge is 0.394 e. The minimum Gasteiger partial charge on any atom is -0.394 e. The molecule has 0 aliphatic rings. The first kappa shape index (κ1) is 10.2. The van der Waals surface area contributed by atoms with Crippen LogP contribution in [0.1, 0.15) is 25.6 Å². The first-order chi connectivity index (χ1) is 6.15. The van der Waals surface area contributed by atoms with Crippen LogP contribution in [0.2, 0.25) is 0 Å². The van der Waals surface area contributed by atoms with Crippen LogP contribution in [0.3, 0.4) is 0 Å². The van der Waals surface area contributed by atoms with Crippen LogP contribution >= 0.6 is 0 Å². The molecule has 13 heavy (non-hydrogen) atoms. The second-order valence-corrected chi connectivity index (χ2v) is 3.49. The van der Waals surface area contributed by atoms with Crippen LogP contribution in [0.25, 0.3) is 0 Å². The van der Waals surface area contributed by atoms with E-state index < -0.39 is 0 Å². The number of nitrogens with zero attached hydrogens (tertiary/aromatic N) is 2. The van der Waals surface area contributed by atoms with Gasteiger partial charge >= 0.3 is 0 Å². The lowest BCUT2D eigenvalue weighted by molar-refractivity contribution is 0.232. The van der Waals surface area contributed by atoms with E-state index in [2.05, 4.69) is 24.1 Å². The van der Waals surface area contributed by atoms with E-state index in [-0.39, 0.29) is 12.6 Å². The van der Waals surface area contributed by atoms with Crippen LogP contribution in [0.5, 0.6) is 0 Å². The zero-order chi connectivity index (χ0) is 9.84.